The molecule has 0 aliphatic rings. The summed E-state index contributed by atoms with van der Waals surface area (Å²) < 4.78 is 0. The highest BCUT2D eigenvalue weighted by Gasteiger charge is 2.20. The molecule has 19 heavy (non-hydrogen) atoms. The molecule has 102 valence electrons. The Morgan fingerprint density at radius 3 is 2.68 bits per heavy atom. The van der Waals surface area contributed by atoms with Gasteiger partial charge in [0.1, 0.15) is 6.04 Å². The van der Waals surface area contributed by atoms with Gasteiger partial charge in [0.15, 0.2) is 0 Å². The number of rotatable bonds is 6. The Bertz CT molecular complexity index is 501. The Balaban J connectivity index is 2.85. The Labute approximate surface area is 109 Å². The minimum absolute atomic E-state index is 0.0663. The molecule has 2 N–H and O–H groups in total. The summed E-state index contributed by atoms with van der Waals surface area (Å²) in [5, 5.41) is 21.8. The van der Waals surface area contributed by atoms with E-state index in [1.54, 1.807) is 6.92 Å². The molecule has 0 saturated carbocycles. The van der Waals surface area contributed by atoms with Gasteiger partial charge in [0.05, 0.1) is 4.92 Å². The van der Waals surface area contributed by atoms with Crippen molar-refractivity contribution >= 4 is 17.6 Å². The molecule has 0 fully saturated rings. The number of amides is 1. The minimum atomic E-state index is -1.12. The van der Waals surface area contributed by atoms with Crippen molar-refractivity contribution in [3.63, 3.8) is 0 Å². The lowest BCUT2D eigenvalue weighted by molar-refractivity contribution is -0.384. The fraction of sp³-hybridized carbons (Fsp3) is 0.333. The van der Waals surface area contributed by atoms with Crippen molar-refractivity contribution in [3.8, 4) is 0 Å². The first-order valence-corrected chi connectivity index (χ1v) is 5.73. The predicted octanol–water partition coefficient (Wildman–Crippen LogP) is 1.58. The van der Waals surface area contributed by atoms with Crippen LogP contribution in [-0.4, -0.2) is 27.9 Å². The molecule has 0 saturated heterocycles. The van der Waals surface area contributed by atoms with Crippen molar-refractivity contribution in [1.29, 1.82) is 0 Å². The SMILES string of the molecule is CCC[C@H](NC(=O)c1cccc([N+](=O)[O-])c1)C(=O)O. The maximum absolute atomic E-state index is 11.8. The second kappa shape index (κ2) is 6.48. The number of hydrogen-bond acceptors (Lipinski definition) is 4. The van der Waals surface area contributed by atoms with Gasteiger partial charge < -0.3 is 10.4 Å². The van der Waals surface area contributed by atoms with Crippen LogP contribution in [0.1, 0.15) is 30.1 Å². The second-order valence-electron chi connectivity index (χ2n) is 3.96. The van der Waals surface area contributed by atoms with E-state index in [4.69, 9.17) is 5.11 Å². The Morgan fingerprint density at radius 1 is 1.47 bits per heavy atom. The molecule has 1 aromatic carbocycles. The summed E-state index contributed by atoms with van der Waals surface area (Å²) in [5.74, 6) is -1.76. The molecular formula is C12H14N2O5. The number of nitrogens with zero attached hydrogens (tertiary/aromatic N) is 1. The van der Waals surface area contributed by atoms with Gasteiger partial charge in [0.25, 0.3) is 11.6 Å². The van der Waals surface area contributed by atoms with Crippen molar-refractivity contribution in [2.24, 2.45) is 0 Å². The maximum Gasteiger partial charge on any atom is 0.326 e. The number of nitrogens with one attached hydrogen (secondary N) is 1. The van der Waals surface area contributed by atoms with Gasteiger partial charge in [-0.1, -0.05) is 19.4 Å². The van der Waals surface area contributed by atoms with Crippen LogP contribution < -0.4 is 5.32 Å². The molecule has 0 heterocycles. The van der Waals surface area contributed by atoms with Gasteiger partial charge in [-0.05, 0) is 12.5 Å². The molecular weight excluding hydrogens is 252 g/mol. The van der Waals surface area contributed by atoms with Crippen LogP contribution in [0.25, 0.3) is 0 Å². The monoisotopic (exact) mass is 266 g/mol. The highest BCUT2D eigenvalue weighted by molar-refractivity contribution is 5.97. The van der Waals surface area contributed by atoms with E-state index < -0.39 is 22.8 Å². The summed E-state index contributed by atoms with van der Waals surface area (Å²) in [4.78, 5) is 32.7. The fourth-order valence-electron chi connectivity index (χ4n) is 1.55. The number of hydrogen-bond donors (Lipinski definition) is 2. The molecule has 7 heteroatoms. The molecule has 7 nitrogen and oxygen atoms in total. The fourth-order valence-corrected chi connectivity index (χ4v) is 1.55. The van der Waals surface area contributed by atoms with Crippen molar-refractivity contribution in [2.75, 3.05) is 0 Å². The van der Waals surface area contributed by atoms with Gasteiger partial charge in [-0.25, -0.2) is 4.79 Å². The van der Waals surface area contributed by atoms with E-state index in [-0.39, 0.29) is 11.3 Å². The normalized spacial score (nSPS) is 11.6. The summed E-state index contributed by atoms with van der Waals surface area (Å²) in [6.45, 7) is 1.80. The maximum atomic E-state index is 11.8. The molecule has 0 aliphatic heterocycles. The molecule has 0 aromatic heterocycles. The minimum Gasteiger partial charge on any atom is -0.480 e. The number of aliphatic carboxylic acids is 1. The average Bonchev–Trinajstić information content (AvgIpc) is 2.38. The van der Waals surface area contributed by atoms with E-state index in [2.05, 4.69) is 5.32 Å². The van der Waals surface area contributed by atoms with Crippen molar-refractivity contribution < 1.29 is 19.6 Å². The number of benzene rings is 1. The summed E-state index contributed by atoms with van der Waals surface area (Å²) in [6, 6.07) is 4.16. The van der Waals surface area contributed by atoms with E-state index >= 15 is 0 Å². The van der Waals surface area contributed by atoms with Crippen LogP contribution in [0, 0.1) is 10.1 Å². The van der Waals surface area contributed by atoms with Crippen LogP contribution in [0.5, 0.6) is 0 Å². The first kappa shape index (κ1) is 14.6. The Morgan fingerprint density at radius 2 is 2.16 bits per heavy atom. The van der Waals surface area contributed by atoms with Crippen LogP contribution in [-0.2, 0) is 4.79 Å². The molecule has 0 radical (unpaired) electrons. The van der Waals surface area contributed by atoms with E-state index in [1.165, 1.54) is 18.2 Å². The van der Waals surface area contributed by atoms with Crippen LogP contribution >= 0.6 is 0 Å². The first-order valence-electron chi connectivity index (χ1n) is 5.73. The zero-order valence-electron chi connectivity index (χ0n) is 10.3. The number of carboxylic acid groups (broad SMARTS) is 1. The first-order chi connectivity index (χ1) is 8.95. The largest absolute Gasteiger partial charge is 0.480 e. The summed E-state index contributed by atoms with van der Waals surface area (Å²) >= 11 is 0. The number of non-ortho nitro benzene ring substituents is 1. The van der Waals surface area contributed by atoms with Crippen molar-refractivity contribution in [1.82, 2.24) is 5.32 Å². The van der Waals surface area contributed by atoms with Gasteiger partial charge >= 0.3 is 5.97 Å². The highest BCUT2D eigenvalue weighted by atomic mass is 16.6. The van der Waals surface area contributed by atoms with Crippen molar-refractivity contribution in [3.05, 3.63) is 39.9 Å². The lowest BCUT2D eigenvalue weighted by atomic mass is 10.1. The third-order valence-electron chi connectivity index (χ3n) is 2.50. The predicted molar refractivity (Wildman–Crippen MR) is 66.9 cm³/mol. The molecule has 0 spiro atoms. The third kappa shape index (κ3) is 4.06. The van der Waals surface area contributed by atoms with Gasteiger partial charge in [-0.3, -0.25) is 14.9 Å². The summed E-state index contributed by atoms with van der Waals surface area (Å²) in [5.41, 5.74) is -0.147. The van der Waals surface area contributed by atoms with Crippen LogP contribution in [0.4, 0.5) is 5.69 Å². The molecule has 0 aliphatic carbocycles. The number of carbonyl (C=O) groups is 2. The molecule has 1 aromatic rings. The van der Waals surface area contributed by atoms with Gasteiger partial charge in [-0.15, -0.1) is 0 Å². The van der Waals surface area contributed by atoms with E-state index in [0.29, 0.717) is 12.8 Å². The molecule has 0 bridgehead atoms. The second-order valence-corrected chi connectivity index (χ2v) is 3.96. The summed E-state index contributed by atoms with van der Waals surface area (Å²) in [7, 11) is 0. The molecule has 1 atom stereocenters. The quantitative estimate of drug-likeness (QED) is 0.600. The molecule has 1 rings (SSSR count). The molecule has 0 unspecified atom stereocenters. The van der Waals surface area contributed by atoms with Gasteiger partial charge in [-0.2, -0.15) is 0 Å². The van der Waals surface area contributed by atoms with Crippen LogP contribution in [0.15, 0.2) is 24.3 Å². The number of nitro groups is 1. The lowest BCUT2D eigenvalue weighted by Crippen LogP contribution is -2.40. The van der Waals surface area contributed by atoms with Crippen LogP contribution in [0.2, 0.25) is 0 Å². The molecule has 1 amide bonds. The Hall–Kier alpha value is -2.44. The summed E-state index contributed by atoms with van der Waals surface area (Å²) in [6.07, 6.45) is 0.905. The van der Waals surface area contributed by atoms with Gasteiger partial charge in [0.2, 0.25) is 0 Å². The standard InChI is InChI=1S/C12H14N2O5/c1-2-4-10(12(16)17)13-11(15)8-5-3-6-9(7-8)14(18)19/h3,5-7,10H,2,4H2,1H3,(H,13,15)(H,16,17)/t10-/m0/s1. The third-order valence-corrected chi connectivity index (χ3v) is 2.50. The zero-order valence-corrected chi connectivity index (χ0v) is 10.3. The van der Waals surface area contributed by atoms with Crippen molar-refractivity contribution in [2.45, 2.75) is 25.8 Å². The van der Waals surface area contributed by atoms with E-state index in [0.717, 1.165) is 6.07 Å². The van der Waals surface area contributed by atoms with Gasteiger partial charge in [0, 0.05) is 17.7 Å². The number of carboxylic acids is 1. The smallest absolute Gasteiger partial charge is 0.326 e. The highest BCUT2D eigenvalue weighted by Crippen LogP contribution is 2.13. The van der Waals surface area contributed by atoms with E-state index in [9.17, 15) is 19.7 Å². The Kier molecular flexibility index (Phi) is 4.99. The average molecular weight is 266 g/mol. The zero-order chi connectivity index (χ0) is 14.4. The van der Waals surface area contributed by atoms with E-state index in [1.807, 2.05) is 0 Å². The number of nitro benzene ring substituents is 1. The lowest BCUT2D eigenvalue weighted by Gasteiger charge is -2.13. The number of carbonyl (C=O) groups excluding carboxylic acids is 1. The topological polar surface area (TPSA) is 110 Å². The van der Waals surface area contributed by atoms with Crippen LogP contribution in [0.3, 0.4) is 0 Å².